The van der Waals surface area contributed by atoms with Crippen LogP contribution < -0.4 is 5.32 Å². The van der Waals surface area contributed by atoms with Crippen LogP contribution in [0.3, 0.4) is 0 Å². The van der Waals surface area contributed by atoms with Crippen molar-refractivity contribution >= 4 is 21.6 Å². The Morgan fingerprint density at radius 2 is 2.11 bits per heavy atom. The number of allylic oxidation sites excluding steroid dienone is 2. The molecule has 2 unspecified atom stereocenters. The maximum Gasteiger partial charge on any atom is 0.0487 e. The number of anilines is 1. The first-order valence-electron chi connectivity index (χ1n) is 6.72. The lowest BCUT2D eigenvalue weighted by molar-refractivity contribution is 0.421. The van der Waals surface area contributed by atoms with Crippen LogP contribution in [0, 0.1) is 18.8 Å². The lowest BCUT2D eigenvalue weighted by Gasteiger charge is -2.26. The Hall–Kier alpha value is -0.760. The highest BCUT2D eigenvalue weighted by Gasteiger charge is 2.17. The van der Waals surface area contributed by atoms with Crippen molar-refractivity contribution in [2.75, 3.05) is 11.9 Å². The van der Waals surface area contributed by atoms with E-state index in [1.54, 1.807) is 5.57 Å². The first-order valence-corrected chi connectivity index (χ1v) is 7.51. The van der Waals surface area contributed by atoms with E-state index in [1.807, 2.05) is 0 Å². The van der Waals surface area contributed by atoms with Gasteiger partial charge in [0.25, 0.3) is 0 Å². The van der Waals surface area contributed by atoms with E-state index in [0.717, 1.165) is 22.9 Å². The lowest BCUT2D eigenvalue weighted by atomic mass is 9.84. The summed E-state index contributed by atoms with van der Waals surface area (Å²) in [6.07, 6.45) is 4.95. The van der Waals surface area contributed by atoms with Gasteiger partial charge in [-0.2, -0.15) is 0 Å². The van der Waals surface area contributed by atoms with Gasteiger partial charge < -0.3 is 5.32 Å². The van der Waals surface area contributed by atoms with E-state index in [-0.39, 0.29) is 0 Å². The third kappa shape index (κ3) is 3.61. The molecule has 1 aliphatic rings. The standard InChI is InChI=1S/C16H22BrN/c1-11-4-5-15(17)16(9-11)18-10-14-7-12(2)6-13(3)8-14/h4-6,9,12,14,18H,7-8,10H2,1-3H3. The fraction of sp³-hybridized carbons (Fsp3) is 0.500. The average molecular weight is 308 g/mol. The maximum atomic E-state index is 3.61. The summed E-state index contributed by atoms with van der Waals surface area (Å²) < 4.78 is 1.16. The number of nitrogens with one attached hydrogen (secondary N) is 1. The molecule has 1 aromatic rings. The highest BCUT2D eigenvalue weighted by atomic mass is 79.9. The molecule has 98 valence electrons. The van der Waals surface area contributed by atoms with Crippen LogP contribution in [0.1, 0.15) is 32.3 Å². The molecule has 0 heterocycles. The van der Waals surface area contributed by atoms with Gasteiger partial charge in [0, 0.05) is 16.7 Å². The quantitative estimate of drug-likeness (QED) is 0.760. The van der Waals surface area contributed by atoms with Gasteiger partial charge >= 0.3 is 0 Å². The highest BCUT2D eigenvalue weighted by Crippen LogP contribution is 2.29. The molecule has 1 nitrogen and oxygen atoms in total. The molecular formula is C16H22BrN. The summed E-state index contributed by atoms with van der Waals surface area (Å²) in [5, 5.41) is 3.59. The third-order valence-electron chi connectivity index (χ3n) is 3.59. The molecule has 0 saturated carbocycles. The summed E-state index contributed by atoms with van der Waals surface area (Å²) >= 11 is 3.61. The van der Waals surface area contributed by atoms with Crippen molar-refractivity contribution in [1.82, 2.24) is 0 Å². The fourth-order valence-electron chi connectivity index (χ4n) is 2.87. The maximum absolute atomic E-state index is 3.61. The molecule has 1 aliphatic carbocycles. The number of hydrogen-bond acceptors (Lipinski definition) is 1. The predicted molar refractivity (Wildman–Crippen MR) is 83.0 cm³/mol. The first kappa shape index (κ1) is 13.7. The lowest BCUT2D eigenvalue weighted by Crippen LogP contribution is -2.20. The van der Waals surface area contributed by atoms with E-state index in [0.29, 0.717) is 0 Å². The van der Waals surface area contributed by atoms with Gasteiger partial charge in [0.1, 0.15) is 0 Å². The van der Waals surface area contributed by atoms with E-state index in [2.05, 4.69) is 66.3 Å². The molecule has 2 heteroatoms. The topological polar surface area (TPSA) is 12.0 Å². The Balaban J connectivity index is 1.96. The van der Waals surface area contributed by atoms with Gasteiger partial charge in [0.05, 0.1) is 0 Å². The summed E-state index contributed by atoms with van der Waals surface area (Å²) in [5.41, 5.74) is 4.06. The minimum atomic E-state index is 0.728. The van der Waals surface area contributed by atoms with Crippen molar-refractivity contribution in [3.8, 4) is 0 Å². The zero-order chi connectivity index (χ0) is 13.1. The Bertz CT molecular complexity index is 450. The van der Waals surface area contributed by atoms with E-state index in [4.69, 9.17) is 0 Å². The van der Waals surface area contributed by atoms with Crippen LogP contribution >= 0.6 is 15.9 Å². The van der Waals surface area contributed by atoms with Gasteiger partial charge in [-0.25, -0.2) is 0 Å². The normalized spacial score (nSPS) is 23.7. The van der Waals surface area contributed by atoms with Crippen molar-refractivity contribution < 1.29 is 0 Å². The van der Waals surface area contributed by atoms with Crippen LogP contribution in [-0.4, -0.2) is 6.54 Å². The van der Waals surface area contributed by atoms with Crippen LogP contribution in [0.4, 0.5) is 5.69 Å². The van der Waals surface area contributed by atoms with E-state index < -0.39 is 0 Å². The summed E-state index contributed by atoms with van der Waals surface area (Å²) in [4.78, 5) is 0. The number of halogens is 1. The predicted octanol–water partition coefficient (Wildman–Crippen LogP) is 5.16. The van der Waals surface area contributed by atoms with Crippen LogP contribution in [0.2, 0.25) is 0 Å². The average Bonchev–Trinajstić information content (AvgIpc) is 2.29. The van der Waals surface area contributed by atoms with Gasteiger partial charge in [-0.3, -0.25) is 0 Å². The molecule has 0 aromatic heterocycles. The second-order valence-corrected chi connectivity index (χ2v) is 6.51. The number of aryl methyl sites for hydroxylation is 1. The van der Waals surface area contributed by atoms with Crippen LogP contribution in [-0.2, 0) is 0 Å². The molecule has 0 radical (unpaired) electrons. The monoisotopic (exact) mass is 307 g/mol. The Labute approximate surface area is 119 Å². The van der Waals surface area contributed by atoms with E-state index >= 15 is 0 Å². The first-order chi connectivity index (χ1) is 8.54. The fourth-order valence-corrected chi connectivity index (χ4v) is 3.26. The number of rotatable bonds is 3. The van der Waals surface area contributed by atoms with Crippen molar-refractivity contribution in [3.63, 3.8) is 0 Å². The smallest absolute Gasteiger partial charge is 0.0487 e. The zero-order valence-electron chi connectivity index (χ0n) is 11.5. The largest absolute Gasteiger partial charge is 0.384 e. The Morgan fingerprint density at radius 3 is 2.83 bits per heavy atom. The van der Waals surface area contributed by atoms with Crippen molar-refractivity contribution in [3.05, 3.63) is 39.9 Å². The minimum Gasteiger partial charge on any atom is -0.384 e. The van der Waals surface area contributed by atoms with Crippen LogP contribution in [0.25, 0.3) is 0 Å². The molecule has 0 aliphatic heterocycles. The second-order valence-electron chi connectivity index (χ2n) is 5.66. The summed E-state index contributed by atoms with van der Waals surface area (Å²) in [6, 6.07) is 6.45. The van der Waals surface area contributed by atoms with Crippen molar-refractivity contribution in [2.45, 2.75) is 33.6 Å². The van der Waals surface area contributed by atoms with Crippen LogP contribution in [0.5, 0.6) is 0 Å². The molecule has 0 amide bonds. The van der Waals surface area contributed by atoms with Gasteiger partial charge in [-0.15, -0.1) is 0 Å². The van der Waals surface area contributed by atoms with Crippen molar-refractivity contribution in [1.29, 1.82) is 0 Å². The molecule has 2 rings (SSSR count). The Kier molecular flexibility index (Phi) is 4.50. The minimum absolute atomic E-state index is 0.728. The van der Waals surface area contributed by atoms with E-state index in [1.165, 1.54) is 24.1 Å². The third-order valence-corrected chi connectivity index (χ3v) is 4.28. The van der Waals surface area contributed by atoms with Gasteiger partial charge in [-0.05, 0) is 72.2 Å². The number of hydrogen-bond donors (Lipinski definition) is 1. The summed E-state index contributed by atoms with van der Waals surface area (Å²) in [7, 11) is 0. The van der Waals surface area contributed by atoms with Crippen molar-refractivity contribution in [2.24, 2.45) is 11.8 Å². The molecule has 2 atom stereocenters. The van der Waals surface area contributed by atoms with Gasteiger partial charge in [-0.1, -0.05) is 24.6 Å². The summed E-state index contributed by atoms with van der Waals surface area (Å²) in [5.74, 6) is 1.49. The molecule has 1 N–H and O–H groups in total. The Morgan fingerprint density at radius 1 is 1.33 bits per heavy atom. The van der Waals surface area contributed by atoms with Gasteiger partial charge in [0.15, 0.2) is 0 Å². The second kappa shape index (κ2) is 5.92. The SMILES string of the molecule is CC1=CC(C)CC(CNc2cc(C)ccc2Br)C1. The molecule has 0 bridgehead atoms. The summed E-state index contributed by atoms with van der Waals surface area (Å²) in [6.45, 7) is 7.77. The molecule has 0 fully saturated rings. The highest BCUT2D eigenvalue weighted by molar-refractivity contribution is 9.10. The molecule has 18 heavy (non-hydrogen) atoms. The molecule has 0 spiro atoms. The van der Waals surface area contributed by atoms with Gasteiger partial charge in [0.2, 0.25) is 0 Å². The van der Waals surface area contributed by atoms with Crippen LogP contribution in [0.15, 0.2) is 34.3 Å². The molecule has 0 saturated heterocycles. The molecular weight excluding hydrogens is 286 g/mol. The molecule has 1 aromatic carbocycles. The zero-order valence-corrected chi connectivity index (χ0v) is 13.0. The van der Waals surface area contributed by atoms with E-state index in [9.17, 15) is 0 Å². The number of benzene rings is 1.